The Morgan fingerprint density at radius 3 is 2.14 bits per heavy atom. The molecule has 0 aliphatic heterocycles. The highest BCUT2D eigenvalue weighted by molar-refractivity contribution is 7.92. The fourth-order valence-corrected chi connectivity index (χ4v) is 3.69. The lowest BCUT2D eigenvalue weighted by Crippen LogP contribution is -2.31. The van der Waals surface area contributed by atoms with Crippen LogP contribution < -0.4 is 14.9 Å². The molecule has 2 N–H and O–H groups in total. The van der Waals surface area contributed by atoms with Gasteiger partial charge in [-0.25, -0.2) is 8.42 Å². The molecule has 150 valence electrons. The van der Waals surface area contributed by atoms with Crippen molar-refractivity contribution in [2.75, 3.05) is 22.4 Å². The molecule has 8 heteroatoms. The largest absolute Gasteiger partial charge is 0.350 e. The number of benzene rings is 2. The molecule has 0 fully saturated rings. The molecule has 0 aromatic heterocycles. The average molecular weight is 404 g/mol. The maximum Gasteiger partial charge on any atom is 0.255 e. The van der Waals surface area contributed by atoms with Gasteiger partial charge in [-0.1, -0.05) is 12.1 Å². The first-order valence-corrected chi connectivity index (χ1v) is 10.8. The zero-order chi connectivity index (χ0) is 20.9. The van der Waals surface area contributed by atoms with Crippen LogP contribution in [-0.2, 0) is 10.0 Å². The summed E-state index contributed by atoms with van der Waals surface area (Å²) in [7, 11) is -3.39. The second-order valence-electron chi connectivity index (χ2n) is 6.60. The molecular formula is C20H25N3O4S. The van der Waals surface area contributed by atoms with E-state index < -0.39 is 15.9 Å². The average Bonchev–Trinajstić information content (AvgIpc) is 2.61. The molecule has 2 rings (SSSR count). The van der Waals surface area contributed by atoms with Crippen LogP contribution in [0.2, 0.25) is 0 Å². The summed E-state index contributed by atoms with van der Waals surface area (Å²) < 4.78 is 24.9. The molecule has 7 nitrogen and oxygen atoms in total. The molecule has 0 spiro atoms. The van der Waals surface area contributed by atoms with E-state index in [2.05, 4.69) is 10.6 Å². The SMILES string of the molecule is CCN(c1ccc(C(=O)Nc2ccccc2C(=O)NC(C)C)cc1)S(C)(=O)=O. The summed E-state index contributed by atoms with van der Waals surface area (Å²) >= 11 is 0. The van der Waals surface area contributed by atoms with E-state index in [4.69, 9.17) is 0 Å². The number of sulfonamides is 1. The van der Waals surface area contributed by atoms with Crippen molar-refractivity contribution in [1.29, 1.82) is 0 Å². The Hall–Kier alpha value is -2.87. The van der Waals surface area contributed by atoms with Crippen molar-refractivity contribution in [1.82, 2.24) is 5.32 Å². The van der Waals surface area contributed by atoms with Crippen molar-refractivity contribution in [3.05, 3.63) is 59.7 Å². The van der Waals surface area contributed by atoms with Crippen molar-refractivity contribution in [3.63, 3.8) is 0 Å². The summed E-state index contributed by atoms with van der Waals surface area (Å²) in [5.41, 5.74) is 1.61. The number of rotatable bonds is 7. The van der Waals surface area contributed by atoms with Crippen LogP contribution in [0.1, 0.15) is 41.5 Å². The number of para-hydroxylation sites is 1. The fourth-order valence-electron chi connectivity index (χ4n) is 2.71. The van der Waals surface area contributed by atoms with E-state index in [1.165, 1.54) is 4.31 Å². The number of hydrogen-bond donors (Lipinski definition) is 2. The first-order chi connectivity index (χ1) is 13.1. The van der Waals surface area contributed by atoms with Crippen LogP contribution in [0.15, 0.2) is 48.5 Å². The smallest absolute Gasteiger partial charge is 0.255 e. The normalized spacial score (nSPS) is 11.2. The van der Waals surface area contributed by atoms with Crippen LogP contribution in [0.5, 0.6) is 0 Å². The second-order valence-corrected chi connectivity index (χ2v) is 8.51. The minimum Gasteiger partial charge on any atom is -0.350 e. The van der Waals surface area contributed by atoms with Crippen LogP contribution in [0.4, 0.5) is 11.4 Å². The van der Waals surface area contributed by atoms with Gasteiger partial charge in [0.1, 0.15) is 0 Å². The van der Waals surface area contributed by atoms with Gasteiger partial charge in [0.05, 0.1) is 23.2 Å². The molecule has 0 heterocycles. The zero-order valence-corrected chi connectivity index (χ0v) is 17.2. The fraction of sp³-hybridized carbons (Fsp3) is 0.300. The van der Waals surface area contributed by atoms with E-state index in [0.717, 1.165) is 6.26 Å². The lowest BCUT2D eigenvalue weighted by molar-refractivity contribution is 0.0944. The van der Waals surface area contributed by atoms with Gasteiger partial charge >= 0.3 is 0 Å². The van der Waals surface area contributed by atoms with Gasteiger partial charge in [0, 0.05) is 18.2 Å². The van der Waals surface area contributed by atoms with Crippen LogP contribution in [-0.4, -0.2) is 39.1 Å². The van der Waals surface area contributed by atoms with Crippen molar-refractivity contribution in [2.24, 2.45) is 0 Å². The molecule has 0 saturated heterocycles. The van der Waals surface area contributed by atoms with Gasteiger partial charge in [0.15, 0.2) is 0 Å². The molecule has 2 aromatic rings. The number of carbonyl (C=O) groups is 2. The minimum atomic E-state index is -3.39. The van der Waals surface area contributed by atoms with E-state index >= 15 is 0 Å². The number of carbonyl (C=O) groups excluding carboxylic acids is 2. The van der Waals surface area contributed by atoms with Gasteiger partial charge in [-0.3, -0.25) is 13.9 Å². The Kier molecular flexibility index (Phi) is 6.80. The van der Waals surface area contributed by atoms with E-state index in [1.807, 2.05) is 13.8 Å². The summed E-state index contributed by atoms with van der Waals surface area (Å²) in [4.78, 5) is 24.9. The van der Waals surface area contributed by atoms with E-state index in [0.29, 0.717) is 29.0 Å². The van der Waals surface area contributed by atoms with Crippen LogP contribution in [0.3, 0.4) is 0 Å². The Labute approximate surface area is 165 Å². The second kappa shape index (κ2) is 8.88. The number of nitrogens with zero attached hydrogens (tertiary/aromatic N) is 1. The minimum absolute atomic E-state index is 0.0276. The van der Waals surface area contributed by atoms with Crippen molar-refractivity contribution >= 4 is 33.2 Å². The maximum atomic E-state index is 12.6. The van der Waals surface area contributed by atoms with Crippen LogP contribution in [0.25, 0.3) is 0 Å². The molecule has 0 aliphatic rings. The third-order valence-electron chi connectivity index (χ3n) is 3.94. The summed E-state index contributed by atoms with van der Waals surface area (Å²) in [5.74, 6) is -0.660. The van der Waals surface area contributed by atoms with E-state index in [9.17, 15) is 18.0 Å². The third-order valence-corrected chi connectivity index (χ3v) is 5.21. The van der Waals surface area contributed by atoms with Gasteiger partial charge in [0.2, 0.25) is 10.0 Å². The molecule has 2 amide bonds. The Morgan fingerprint density at radius 1 is 1.00 bits per heavy atom. The van der Waals surface area contributed by atoms with Gasteiger partial charge in [-0.2, -0.15) is 0 Å². The number of amides is 2. The first-order valence-electron chi connectivity index (χ1n) is 8.92. The van der Waals surface area contributed by atoms with Crippen molar-refractivity contribution in [3.8, 4) is 0 Å². The van der Waals surface area contributed by atoms with Crippen LogP contribution >= 0.6 is 0 Å². The molecule has 0 saturated carbocycles. The molecule has 2 aromatic carbocycles. The first kappa shape index (κ1) is 21.4. The summed E-state index contributed by atoms with van der Waals surface area (Å²) in [6, 6.07) is 13.0. The third kappa shape index (κ3) is 5.32. The van der Waals surface area contributed by atoms with Crippen molar-refractivity contribution in [2.45, 2.75) is 26.8 Å². The molecule has 0 atom stereocenters. The van der Waals surface area contributed by atoms with E-state index in [-0.39, 0.29) is 11.9 Å². The highest BCUT2D eigenvalue weighted by Crippen LogP contribution is 2.20. The van der Waals surface area contributed by atoms with E-state index in [1.54, 1.807) is 55.5 Å². The highest BCUT2D eigenvalue weighted by Gasteiger charge is 2.17. The van der Waals surface area contributed by atoms with Gasteiger partial charge in [-0.15, -0.1) is 0 Å². The standard InChI is InChI=1S/C20H25N3O4S/c1-5-23(28(4,26)27)16-12-10-15(11-13-16)19(24)22-18-9-7-6-8-17(18)20(25)21-14(2)3/h6-14H,5H2,1-4H3,(H,21,25)(H,22,24). The summed E-state index contributed by atoms with van der Waals surface area (Å²) in [5, 5.41) is 5.54. The van der Waals surface area contributed by atoms with Gasteiger partial charge in [0.25, 0.3) is 11.8 Å². The quantitative estimate of drug-likeness (QED) is 0.743. The molecule has 0 bridgehead atoms. The number of hydrogen-bond acceptors (Lipinski definition) is 4. The van der Waals surface area contributed by atoms with Crippen LogP contribution in [0, 0.1) is 0 Å². The highest BCUT2D eigenvalue weighted by atomic mass is 32.2. The molecule has 0 radical (unpaired) electrons. The predicted molar refractivity (Wildman–Crippen MR) is 111 cm³/mol. The van der Waals surface area contributed by atoms with Gasteiger partial charge in [-0.05, 0) is 57.2 Å². The topological polar surface area (TPSA) is 95.6 Å². The van der Waals surface area contributed by atoms with Crippen molar-refractivity contribution < 1.29 is 18.0 Å². The maximum absolute atomic E-state index is 12.6. The molecule has 0 aliphatic carbocycles. The Bertz CT molecular complexity index is 954. The Morgan fingerprint density at radius 2 is 1.61 bits per heavy atom. The predicted octanol–water partition coefficient (Wildman–Crippen LogP) is 2.86. The molecule has 0 unspecified atom stereocenters. The lowest BCUT2D eigenvalue weighted by atomic mass is 10.1. The Balaban J connectivity index is 2.21. The summed E-state index contributed by atoms with van der Waals surface area (Å²) in [6.45, 7) is 5.75. The monoisotopic (exact) mass is 403 g/mol. The number of anilines is 2. The zero-order valence-electron chi connectivity index (χ0n) is 16.4. The number of nitrogens with one attached hydrogen (secondary N) is 2. The lowest BCUT2D eigenvalue weighted by Gasteiger charge is -2.20. The molecule has 28 heavy (non-hydrogen) atoms. The molecular weight excluding hydrogens is 378 g/mol. The van der Waals surface area contributed by atoms with Gasteiger partial charge < -0.3 is 10.6 Å². The summed E-state index contributed by atoms with van der Waals surface area (Å²) in [6.07, 6.45) is 1.14.